The number of ether oxygens (including phenoxy) is 1. The van der Waals surface area contributed by atoms with Crippen molar-refractivity contribution >= 4 is 12.2 Å². The number of hydrogen-bond acceptors (Lipinski definition) is 3. The molecule has 1 saturated heterocycles. The van der Waals surface area contributed by atoms with E-state index in [1.165, 1.54) is 0 Å². The van der Waals surface area contributed by atoms with Crippen LogP contribution in [0.5, 0.6) is 0 Å². The first-order valence-corrected chi connectivity index (χ1v) is 3.94. The predicted molar refractivity (Wildman–Crippen MR) is 47.7 cm³/mol. The first kappa shape index (κ1) is 9.15. The molecule has 0 bridgehead atoms. The van der Waals surface area contributed by atoms with Crippen molar-refractivity contribution in [3.05, 3.63) is 0 Å². The van der Waals surface area contributed by atoms with E-state index < -0.39 is 0 Å². The number of nitrogens with two attached hydrogens (primary N) is 1. The van der Waals surface area contributed by atoms with Gasteiger partial charge in [0.2, 0.25) is 0 Å². The van der Waals surface area contributed by atoms with Crippen LogP contribution >= 0.6 is 0 Å². The summed E-state index contributed by atoms with van der Waals surface area (Å²) in [5.74, 6) is 0.493. The first-order valence-electron chi connectivity index (χ1n) is 3.94. The number of morpholine rings is 1. The molecule has 3 N–H and O–H groups in total. The summed E-state index contributed by atoms with van der Waals surface area (Å²) in [6.45, 7) is 3.96. The van der Waals surface area contributed by atoms with Crippen molar-refractivity contribution in [2.45, 2.75) is 0 Å². The molecular weight excluding hydrogens is 156 g/mol. The van der Waals surface area contributed by atoms with E-state index in [1.54, 1.807) is 0 Å². The maximum Gasteiger partial charge on any atom is 0.115 e. The highest BCUT2D eigenvalue weighted by Gasteiger charge is 2.10. The van der Waals surface area contributed by atoms with E-state index in [-0.39, 0.29) is 0 Å². The second-order valence-electron chi connectivity index (χ2n) is 2.64. The molecule has 1 aliphatic heterocycles. The van der Waals surface area contributed by atoms with E-state index in [1.807, 2.05) is 0 Å². The third kappa shape index (κ3) is 2.98. The molecule has 12 heavy (non-hydrogen) atoms. The highest BCUT2D eigenvalue weighted by molar-refractivity contribution is 5.88. The molecule has 0 radical (unpaired) electrons. The Morgan fingerprint density at radius 2 is 2.25 bits per heavy atom. The van der Waals surface area contributed by atoms with Crippen molar-refractivity contribution < 1.29 is 4.74 Å². The molecule has 1 aliphatic rings. The number of aliphatic imine (C=N–C) groups is 1. The van der Waals surface area contributed by atoms with Gasteiger partial charge in [-0.1, -0.05) is 0 Å². The first-order chi connectivity index (χ1) is 5.83. The summed E-state index contributed by atoms with van der Waals surface area (Å²) >= 11 is 0. The van der Waals surface area contributed by atoms with Crippen LogP contribution in [0.2, 0.25) is 0 Å². The zero-order chi connectivity index (χ0) is 8.81. The highest BCUT2D eigenvalue weighted by atomic mass is 16.5. The fourth-order valence-corrected chi connectivity index (χ4v) is 1.11. The zero-order valence-electron chi connectivity index (χ0n) is 6.99. The molecule has 0 atom stereocenters. The predicted octanol–water partition coefficient (Wildman–Crippen LogP) is -0.717. The molecule has 1 fully saturated rings. The van der Waals surface area contributed by atoms with Gasteiger partial charge >= 0.3 is 0 Å². The van der Waals surface area contributed by atoms with Crippen molar-refractivity contribution in [3.63, 3.8) is 0 Å². The van der Waals surface area contributed by atoms with Gasteiger partial charge < -0.3 is 10.5 Å². The zero-order valence-corrected chi connectivity index (χ0v) is 6.99. The van der Waals surface area contributed by atoms with Crippen molar-refractivity contribution in [2.24, 2.45) is 10.7 Å². The quantitative estimate of drug-likeness (QED) is 0.433. The second kappa shape index (κ2) is 4.84. The average molecular weight is 170 g/mol. The molecule has 0 spiro atoms. The minimum absolute atomic E-state index is 0.493. The van der Waals surface area contributed by atoms with E-state index in [2.05, 4.69) is 9.89 Å². The fourth-order valence-electron chi connectivity index (χ4n) is 1.11. The number of hydrogen-bond donors (Lipinski definition) is 2. The van der Waals surface area contributed by atoms with Gasteiger partial charge in [-0.25, -0.2) is 4.99 Å². The van der Waals surface area contributed by atoms with Crippen LogP contribution in [0.3, 0.4) is 0 Å². The molecule has 0 aromatic heterocycles. The van der Waals surface area contributed by atoms with Gasteiger partial charge in [-0.15, -0.1) is 0 Å². The highest BCUT2D eigenvalue weighted by Crippen LogP contribution is 1.94. The summed E-state index contributed by atoms with van der Waals surface area (Å²) in [5, 5.41) is 6.71. The van der Waals surface area contributed by atoms with E-state index >= 15 is 0 Å². The minimum Gasteiger partial charge on any atom is -0.386 e. The summed E-state index contributed by atoms with van der Waals surface area (Å²) in [4.78, 5) is 5.83. The Labute approximate surface area is 71.7 Å². The van der Waals surface area contributed by atoms with Gasteiger partial charge in [0.15, 0.2) is 0 Å². The van der Waals surface area contributed by atoms with Crippen molar-refractivity contribution in [3.8, 4) is 0 Å². The van der Waals surface area contributed by atoms with Crippen LogP contribution in [0.4, 0.5) is 0 Å². The van der Waals surface area contributed by atoms with Crippen LogP contribution < -0.4 is 5.73 Å². The Hall–Kier alpha value is -0.940. The summed E-state index contributed by atoms with van der Waals surface area (Å²) in [7, 11) is 0. The van der Waals surface area contributed by atoms with E-state index in [0.29, 0.717) is 12.4 Å². The smallest absolute Gasteiger partial charge is 0.115 e. The Bertz CT molecular complexity index is 174. The molecule has 0 aromatic rings. The third-order valence-corrected chi connectivity index (χ3v) is 1.72. The topological polar surface area (TPSA) is 74.7 Å². The average Bonchev–Trinajstić information content (AvgIpc) is 2.06. The molecule has 68 valence electrons. The maximum atomic E-state index is 6.71. The Morgan fingerprint density at radius 1 is 1.58 bits per heavy atom. The standard InChI is InChI=1S/C7H14N4O/c8-6-10-7(9)5-11-1-3-12-4-2-11/h6H,1-5H2,(H3,8,9,10). The van der Waals surface area contributed by atoms with Gasteiger partial charge in [0, 0.05) is 13.1 Å². The summed E-state index contributed by atoms with van der Waals surface area (Å²) in [6.07, 6.45) is 0.968. The largest absolute Gasteiger partial charge is 0.386 e. The normalized spacial score (nSPS) is 20.8. The lowest BCUT2D eigenvalue weighted by atomic mass is 10.4. The Morgan fingerprint density at radius 3 is 2.83 bits per heavy atom. The fraction of sp³-hybridized carbons (Fsp3) is 0.714. The molecule has 5 heteroatoms. The van der Waals surface area contributed by atoms with Crippen LogP contribution in [-0.4, -0.2) is 49.9 Å². The van der Waals surface area contributed by atoms with Crippen LogP contribution in [-0.2, 0) is 4.74 Å². The monoisotopic (exact) mass is 170 g/mol. The van der Waals surface area contributed by atoms with Crippen molar-refractivity contribution in [1.82, 2.24) is 4.90 Å². The SMILES string of the molecule is N=CN=C(N)CN1CCOCC1. The Balaban J connectivity index is 2.28. The van der Waals surface area contributed by atoms with Crippen LogP contribution in [0.25, 0.3) is 0 Å². The van der Waals surface area contributed by atoms with Crippen LogP contribution in [0, 0.1) is 5.41 Å². The number of nitrogens with zero attached hydrogens (tertiary/aromatic N) is 2. The molecule has 0 amide bonds. The molecule has 5 nitrogen and oxygen atoms in total. The van der Waals surface area contributed by atoms with Gasteiger partial charge in [-0.05, 0) is 0 Å². The maximum absolute atomic E-state index is 6.71. The van der Waals surface area contributed by atoms with Crippen LogP contribution in [0.1, 0.15) is 0 Å². The van der Waals surface area contributed by atoms with E-state index in [0.717, 1.165) is 32.6 Å². The number of rotatable bonds is 3. The summed E-state index contributed by atoms with van der Waals surface area (Å²) in [5.41, 5.74) is 5.53. The molecule has 1 heterocycles. The molecule has 0 aromatic carbocycles. The van der Waals surface area contributed by atoms with E-state index in [9.17, 15) is 0 Å². The number of amidine groups is 1. The molecule has 0 unspecified atom stereocenters. The van der Waals surface area contributed by atoms with E-state index in [4.69, 9.17) is 15.9 Å². The van der Waals surface area contributed by atoms with Gasteiger partial charge in [0.05, 0.1) is 19.8 Å². The van der Waals surface area contributed by atoms with Gasteiger partial charge in [-0.3, -0.25) is 10.3 Å². The summed E-state index contributed by atoms with van der Waals surface area (Å²) < 4.78 is 5.17. The molecule has 1 rings (SSSR count). The lowest BCUT2D eigenvalue weighted by Gasteiger charge is -2.25. The third-order valence-electron chi connectivity index (χ3n) is 1.72. The second-order valence-corrected chi connectivity index (χ2v) is 2.64. The Kier molecular flexibility index (Phi) is 3.69. The van der Waals surface area contributed by atoms with Gasteiger partial charge in [0.25, 0.3) is 0 Å². The molecule has 0 saturated carbocycles. The molecule has 0 aliphatic carbocycles. The summed E-state index contributed by atoms with van der Waals surface area (Å²) in [6, 6.07) is 0. The van der Waals surface area contributed by atoms with Gasteiger partial charge in [0.1, 0.15) is 12.2 Å². The minimum atomic E-state index is 0.493. The van der Waals surface area contributed by atoms with Crippen molar-refractivity contribution in [2.75, 3.05) is 32.8 Å². The van der Waals surface area contributed by atoms with Crippen molar-refractivity contribution in [1.29, 1.82) is 5.41 Å². The lowest BCUT2D eigenvalue weighted by molar-refractivity contribution is 0.0452. The number of nitrogens with one attached hydrogen (secondary N) is 1. The van der Waals surface area contributed by atoms with Crippen LogP contribution in [0.15, 0.2) is 4.99 Å². The lowest BCUT2D eigenvalue weighted by Crippen LogP contribution is -2.41. The van der Waals surface area contributed by atoms with Gasteiger partial charge in [-0.2, -0.15) is 0 Å². The molecular formula is C7H14N4O.